The molecular weight excluding hydrogens is 272 g/mol. The molecule has 0 saturated heterocycles. The topological polar surface area (TPSA) is 64.3 Å². The Bertz CT molecular complexity index is 579. The molecule has 3 N–H and O–H groups in total. The van der Waals surface area contributed by atoms with Crippen molar-refractivity contribution in [3.05, 3.63) is 46.8 Å². The van der Waals surface area contributed by atoms with E-state index >= 15 is 0 Å². The fourth-order valence-electron chi connectivity index (χ4n) is 1.68. The minimum absolute atomic E-state index is 0.368. The summed E-state index contributed by atoms with van der Waals surface area (Å²) in [6.07, 6.45) is -0.492. The first-order chi connectivity index (χ1) is 9.56. The van der Waals surface area contributed by atoms with Gasteiger partial charge < -0.3 is 15.8 Å². The lowest BCUT2D eigenvalue weighted by atomic mass is 10.2. The quantitative estimate of drug-likeness (QED) is 0.901. The van der Waals surface area contributed by atoms with Gasteiger partial charge >= 0.3 is 6.09 Å². The van der Waals surface area contributed by atoms with Crippen molar-refractivity contribution in [1.82, 2.24) is 5.32 Å². The molecule has 0 aliphatic rings. The van der Waals surface area contributed by atoms with Crippen molar-refractivity contribution in [2.75, 3.05) is 5.73 Å². The number of nitrogens with one attached hydrogen (secondary N) is 1. The Kier molecular flexibility index (Phi) is 4.63. The van der Waals surface area contributed by atoms with E-state index in [4.69, 9.17) is 10.5 Å². The van der Waals surface area contributed by atoms with Crippen LogP contribution < -0.4 is 15.8 Å². The highest BCUT2D eigenvalue weighted by atomic mass is 32.1. The summed E-state index contributed by atoms with van der Waals surface area (Å²) in [5.41, 5.74) is 6.87. The molecule has 0 bridgehead atoms. The molecule has 0 aliphatic heterocycles. The molecule has 0 radical (unpaired) electrons. The van der Waals surface area contributed by atoms with E-state index < -0.39 is 6.09 Å². The second-order valence-electron chi connectivity index (χ2n) is 4.76. The van der Waals surface area contributed by atoms with Gasteiger partial charge in [0.05, 0.1) is 0 Å². The molecule has 1 aromatic heterocycles. The maximum absolute atomic E-state index is 11.7. The molecule has 20 heavy (non-hydrogen) atoms. The first-order valence-corrected chi connectivity index (χ1v) is 7.26. The summed E-state index contributed by atoms with van der Waals surface area (Å²) in [5, 5.41) is 3.23. The zero-order valence-electron chi connectivity index (χ0n) is 11.6. The van der Waals surface area contributed by atoms with Crippen molar-refractivity contribution in [3.8, 4) is 5.75 Å². The van der Waals surface area contributed by atoms with Crippen molar-refractivity contribution < 1.29 is 9.53 Å². The Morgan fingerprint density at radius 2 is 2.05 bits per heavy atom. The van der Waals surface area contributed by atoms with Crippen LogP contribution in [0.2, 0.25) is 0 Å². The van der Waals surface area contributed by atoms with Crippen LogP contribution in [0, 0.1) is 0 Å². The molecule has 1 amide bonds. The lowest BCUT2D eigenvalue weighted by Crippen LogP contribution is -2.26. The van der Waals surface area contributed by atoms with Crippen molar-refractivity contribution in [1.29, 1.82) is 0 Å². The molecule has 4 nitrogen and oxygen atoms in total. The maximum Gasteiger partial charge on any atom is 0.412 e. The number of hydrogen-bond donors (Lipinski definition) is 2. The Morgan fingerprint density at radius 3 is 2.65 bits per heavy atom. The standard InChI is InChI=1S/C15H18N2O2S/c1-10(2)13-8-12(14(16)20-13)19-15(18)17-9-11-6-4-3-5-7-11/h3-8,10H,9,16H2,1-2H3,(H,17,18). The average Bonchev–Trinajstić information content (AvgIpc) is 2.79. The summed E-state index contributed by atoms with van der Waals surface area (Å²) in [5.74, 6) is 0.802. The van der Waals surface area contributed by atoms with Gasteiger partial charge in [0.2, 0.25) is 0 Å². The summed E-state index contributed by atoms with van der Waals surface area (Å²) < 4.78 is 5.23. The summed E-state index contributed by atoms with van der Waals surface area (Å²) in [6, 6.07) is 11.5. The lowest BCUT2D eigenvalue weighted by molar-refractivity contribution is 0.200. The molecule has 2 rings (SSSR count). The smallest absolute Gasteiger partial charge is 0.407 e. The minimum Gasteiger partial charge on any atom is -0.407 e. The molecule has 0 unspecified atom stereocenters. The normalized spacial score (nSPS) is 10.6. The average molecular weight is 290 g/mol. The Hall–Kier alpha value is -2.01. The number of benzene rings is 1. The van der Waals surface area contributed by atoms with Crippen molar-refractivity contribution in [2.45, 2.75) is 26.3 Å². The Labute approximate surface area is 122 Å². The van der Waals surface area contributed by atoms with Gasteiger partial charge in [-0.25, -0.2) is 4.79 Å². The number of carbonyl (C=O) groups excluding carboxylic acids is 1. The number of anilines is 1. The van der Waals surface area contributed by atoms with Crippen molar-refractivity contribution >= 4 is 22.4 Å². The van der Waals surface area contributed by atoms with E-state index in [0.29, 0.717) is 23.2 Å². The van der Waals surface area contributed by atoms with Gasteiger partial charge in [-0.05, 0) is 17.5 Å². The molecule has 0 saturated carbocycles. The van der Waals surface area contributed by atoms with Crippen LogP contribution in [0.3, 0.4) is 0 Å². The molecule has 1 heterocycles. The van der Waals surface area contributed by atoms with E-state index in [0.717, 1.165) is 10.4 Å². The van der Waals surface area contributed by atoms with Gasteiger partial charge in [-0.1, -0.05) is 44.2 Å². The first kappa shape index (κ1) is 14.4. The van der Waals surface area contributed by atoms with Gasteiger partial charge in [0.25, 0.3) is 0 Å². The highest BCUT2D eigenvalue weighted by molar-refractivity contribution is 7.16. The molecule has 0 fully saturated rings. The minimum atomic E-state index is -0.492. The zero-order valence-corrected chi connectivity index (χ0v) is 12.4. The number of nitrogens with two attached hydrogens (primary N) is 1. The van der Waals surface area contributed by atoms with Gasteiger partial charge in [0, 0.05) is 11.4 Å². The number of rotatable bonds is 4. The van der Waals surface area contributed by atoms with Gasteiger partial charge in [-0.15, -0.1) is 11.3 Å². The molecule has 0 aliphatic carbocycles. The van der Waals surface area contributed by atoms with E-state index in [1.54, 1.807) is 0 Å². The molecule has 1 aromatic carbocycles. The third-order valence-electron chi connectivity index (χ3n) is 2.80. The van der Waals surface area contributed by atoms with E-state index in [2.05, 4.69) is 19.2 Å². The second-order valence-corrected chi connectivity index (χ2v) is 5.88. The van der Waals surface area contributed by atoms with Crippen LogP contribution in [0.15, 0.2) is 36.4 Å². The number of ether oxygens (including phenoxy) is 1. The zero-order chi connectivity index (χ0) is 14.5. The fourth-order valence-corrected chi connectivity index (χ4v) is 2.53. The van der Waals surface area contributed by atoms with E-state index in [-0.39, 0.29) is 0 Å². The number of nitrogen functional groups attached to an aromatic ring is 1. The fraction of sp³-hybridized carbons (Fsp3) is 0.267. The second kappa shape index (κ2) is 6.43. The van der Waals surface area contributed by atoms with E-state index in [1.165, 1.54) is 11.3 Å². The number of thiophene rings is 1. The van der Waals surface area contributed by atoms with Crippen molar-refractivity contribution in [3.63, 3.8) is 0 Å². The molecule has 106 valence electrons. The number of hydrogen-bond acceptors (Lipinski definition) is 4. The van der Waals surface area contributed by atoms with Crippen molar-refractivity contribution in [2.24, 2.45) is 0 Å². The van der Waals surface area contributed by atoms with Crippen LogP contribution in [0.5, 0.6) is 5.75 Å². The van der Waals surface area contributed by atoms with Crippen LogP contribution in [-0.4, -0.2) is 6.09 Å². The van der Waals surface area contributed by atoms with Crippen LogP contribution in [0.1, 0.15) is 30.2 Å². The third kappa shape index (κ3) is 3.74. The molecule has 0 atom stereocenters. The maximum atomic E-state index is 11.7. The van der Waals surface area contributed by atoms with Gasteiger partial charge in [-0.3, -0.25) is 0 Å². The summed E-state index contributed by atoms with van der Waals surface area (Å²) in [4.78, 5) is 12.8. The molecule has 5 heteroatoms. The highest BCUT2D eigenvalue weighted by Gasteiger charge is 2.13. The predicted molar refractivity (Wildman–Crippen MR) is 82.1 cm³/mol. The predicted octanol–water partition coefficient (Wildman–Crippen LogP) is 3.74. The van der Waals surface area contributed by atoms with E-state index in [1.807, 2.05) is 36.4 Å². The molecule has 0 spiro atoms. The SMILES string of the molecule is CC(C)c1cc(OC(=O)NCc2ccccc2)c(N)s1. The highest BCUT2D eigenvalue weighted by Crippen LogP contribution is 2.35. The third-order valence-corrected chi connectivity index (χ3v) is 4.04. The molecular formula is C15H18N2O2S. The van der Waals surface area contributed by atoms with Gasteiger partial charge in [0.1, 0.15) is 5.00 Å². The van der Waals surface area contributed by atoms with Gasteiger partial charge in [0.15, 0.2) is 5.75 Å². The largest absolute Gasteiger partial charge is 0.412 e. The van der Waals surface area contributed by atoms with Crippen LogP contribution in [-0.2, 0) is 6.54 Å². The van der Waals surface area contributed by atoms with Gasteiger partial charge in [-0.2, -0.15) is 0 Å². The lowest BCUT2D eigenvalue weighted by Gasteiger charge is -2.06. The monoisotopic (exact) mass is 290 g/mol. The summed E-state index contributed by atoms with van der Waals surface area (Å²) in [7, 11) is 0. The summed E-state index contributed by atoms with van der Waals surface area (Å²) >= 11 is 1.45. The Balaban J connectivity index is 1.91. The van der Waals surface area contributed by atoms with E-state index in [9.17, 15) is 4.79 Å². The Morgan fingerprint density at radius 1 is 1.35 bits per heavy atom. The van der Waals surface area contributed by atoms with Crippen LogP contribution in [0.25, 0.3) is 0 Å². The molecule has 2 aromatic rings. The van der Waals surface area contributed by atoms with Crippen LogP contribution in [0.4, 0.5) is 9.80 Å². The van der Waals surface area contributed by atoms with Crippen LogP contribution >= 0.6 is 11.3 Å². The number of amides is 1. The summed E-state index contributed by atoms with van der Waals surface area (Å²) in [6.45, 7) is 4.58. The first-order valence-electron chi connectivity index (χ1n) is 6.45. The number of carbonyl (C=O) groups is 1.